The second-order valence-corrected chi connectivity index (χ2v) is 6.27. The quantitative estimate of drug-likeness (QED) is 0.914. The van der Waals surface area contributed by atoms with E-state index in [1.54, 1.807) is 10.9 Å². The number of pyridine rings is 1. The van der Waals surface area contributed by atoms with Gasteiger partial charge in [-0.05, 0) is 44.4 Å². The zero-order valence-corrected chi connectivity index (χ0v) is 13.8. The van der Waals surface area contributed by atoms with Crippen LogP contribution in [0, 0.1) is 20.8 Å². The molecule has 1 unspecified atom stereocenters. The summed E-state index contributed by atoms with van der Waals surface area (Å²) >= 11 is 0. The van der Waals surface area contributed by atoms with Crippen LogP contribution in [0.1, 0.15) is 45.5 Å². The number of aryl methyl sites for hydroxylation is 3. The summed E-state index contributed by atoms with van der Waals surface area (Å²) in [5.74, 6) is -0.539. The summed E-state index contributed by atoms with van der Waals surface area (Å²) < 4.78 is 1.76. The molecular formula is C16H22N6O. The standard InChI is InChI=1S/C16H22N6O/c1-10-6-11(2)18-12(3)14(10)8-21-5-4-13(7-21)22-9-15(16(17)23)19-20-22/h6,9,13H,4-5,7-8H2,1-3H3,(H2,17,23). The monoisotopic (exact) mass is 314 g/mol. The van der Waals surface area contributed by atoms with Gasteiger partial charge in [-0.25, -0.2) is 4.68 Å². The van der Waals surface area contributed by atoms with Gasteiger partial charge < -0.3 is 5.73 Å². The van der Waals surface area contributed by atoms with Gasteiger partial charge in [-0.2, -0.15) is 0 Å². The second-order valence-electron chi connectivity index (χ2n) is 6.27. The van der Waals surface area contributed by atoms with Gasteiger partial charge in [0, 0.05) is 31.0 Å². The normalized spacial score (nSPS) is 18.5. The Labute approximate surface area is 135 Å². The second kappa shape index (κ2) is 6.08. The van der Waals surface area contributed by atoms with Crippen LogP contribution in [0.2, 0.25) is 0 Å². The molecule has 0 saturated carbocycles. The van der Waals surface area contributed by atoms with Gasteiger partial charge >= 0.3 is 0 Å². The Hall–Kier alpha value is -2.28. The Balaban J connectivity index is 1.69. The Morgan fingerprint density at radius 3 is 2.83 bits per heavy atom. The maximum Gasteiger partial charge on any atom is 0.270 e. The van der Waals surface area contributed by atoms with Crippen LogP contribution in [0.5, 0.6) is 0 Å². The molecule has 0 aliphatic carbocycles. The molecule has 7 nitrogen and oxygen atoms in total. The lowest BCUT2D eigenvalue weighted by Crippen LogP contribution is -2.22. The molecular weight excluding hydrogens is 292 g/mol. The average molecular weight is 314 g/mol. The number of carbonyl (C=O) groups is 1. The molecule has 1 aliphatic heterocycles. The average Bonchev–Trinajstić information content (AvgIpc) is 3.11. The molecule has 2 N–H and O–H groups in total. The van der Waals surface area contributed by atoms with Gasteiger partial charge in [-0.15, -0.1) is 5.10 Å². The molecule has 2 aromatic rings. The highest BCUT2D eigenvalue weighted by molar-refractivity contribution is 5.90. The predicted molar refractivity (Wildman–Crippen MR) is 85.9 cm³/mol. The van der Waals surface area contributed by atoms with Gasteiger partial charge in [0.1, 0.15) is 0 Å². The summed E-state index contributed by atoms with van der Waals surface area (Å²) in [6.45, 7) is 8.99. The summed E-state index contributed by atoms with van der Waals surface area (Å²) in [4.78, 5) is 18.1. The molecule has 1 atom stereocenters. The van der Waals surface area contributed by atoms with E-state index in [1.165, 1.54) is 11.1 Å². The van der Waals surface area contributed by atoms with E-state index in [1.807, 2.05) is 6.92 Å². The zero-order chi connectivity index (χ0) is 16.6. The molecule has 1 saturated heterocycles. The lowest BCUT2D eigenvalue weighted by atomic mass is 10.1. The summed E-state index contributed by atoms with van der Waals surface area (Å²) in [7, 11) is 0. The molecule has 3 heterocycles. The van der Waals surface area contributed by atoms with E-state index in [4.69, 9.17) is 5.73 Å². The Bertz CT molecular complexity index is 715. The molecule has 0 aromatic carbocycles. The van der Waals surface area contributed by atoms with Crippen LogP contribution in [0.25, 0.3) is 0 Å². The molecule has 2 aromatic heterocycles. The van der Waals surface area contributed by atoms with Crippen LogP contribution < -0.4 is 5.73 Å². The fourth-order valence-corrected chi connectivity index (χ4v) is 3.25. The number of likely N-dealkylation sites (tertiary alicyclic amines) is 1. The first-order chi connectivity index (χ1) is 10.9. The largest absolute Gasteiger partial charge is 0.364 e. The van der Waals surface area contributed by atoms with Gasteiger partial charge in [0.15, 0.2) is 5.69 Å². The van der Waals surface area contributed by atoms with Crippen molar-refractivity contribution >= 4 is 5.91 Å². The maximum atomic E-state index is 11.1. The van der Waals surface area contributed by atoms with Gasteiger partial charge in [0.05, 0.1) is 12.2 Å². The van der Waals surface area contributed by atoms with E-state index >= 15 is 0 Å². The molecule has 1 aliphatic rings. The van der Waals surface area contributed by atoms with Crippen LogP contribution >= 0.6 is 0 Å². The molecule has 0 spiro atoms. The molecule has 0 radical (unpaired) electrons. The minimum absolute atomic E-state index is 0.220. The third-order valence-corrected chi connectivity index (χ3v) is 4.45. The number of hydrogen-bond donors (Lipinski definition) is 1. The van der Waals surface area contributed by atoms with Crippen molar-refractivity contribution in [2.45, 2.75) is 39.8 Å². The smallest absolute Gasteiger partial charge is 0.270 e. The van der Waals surface area contributed by atoms with Crippen molar-refractivity contribution in [3.8, 4) is 0 Å². The van der Waals surface area contributed by atoms with Crippen LogP contribution in [0.4, 0.5) is 0 Å². The van der Waals surface area contributed by atoms with E-state index in [0.29, 0.717) is 0 Å². The van der Waals surface area contributed by atoms with Crippen LogP contribution in [0.15, 0.2) is 12.3 Å². The fourth-order valence-electron chi connectivity index (χ4n) is 3.25. The van der Waals surface area contributed by atoms with Crippen LogP contribution in [-0.2, 0) is 6.54 Å². The zero-order valence-electron chi connectivity index (χ0n) is 13.8. The number of amides is 1. The number of carbonyl (C=O) groups excluding carboxylic acids is 1. The topological polar surface area (TPSA) is 89.9 Å². The van der Waals surface area contributed by atoms with Crippen molar-refractivity contribution in [2.24, 2.45) is 5.73 Å². The molecule has 1 amide bonds. The van der Waals surface area contributed by atoms with E-state index in [0.717, 1.165) is 37.4 Å². The van der Waals surface area contributed by atoms with Crippen molar-refractivity contribution in [1.29, 1.82) is 0 Å². The minimum Gasteiger partial charge on any atom is -0.364 e. The number of nitrogens with zero attached hydrogens (tertiary/aromatic N) is 5. The Morgan fingerprint density at radius 2 is 2.17 bits per heavy atom. The number of aromatic nitrogens is 4. The molecule has 3 rings (SSSR count). The van der Waals surface area contributed by atoms with Crippen molar-refractivity contribution in [2.75, 3.05) is 13.1 Å². The third-order valence-electron chi connectivity index (χ3n) is 4.45. The first kappa shape index (κ1) is 15.6. The Kier molecular flexibility index (Phi) is 4.12. The van der Waals surface area contributed by atoms with Gasteiger partial charge in [-0.1, -0.05) is 5.21 Å². The molecule has 0 bridgehead atoms. The lowest BCUT2D eigenvalue weighted by Gasteiger charge is -2.19. The van der Waals surface area contributed by atoms with Gasteiger partial charge in [0.25, 0.3) is 5.91 Å². The first-order valence-corrected chi connectivity index (χ1v) is 7.81. The van der Waals surface area contributed by atoms with E-state index in [2.05, 4.69) is 40.1 Å². The summed E-state index contributed by atoms with van der Waals surface area (Å²) in [6, 6.07) is 2.36. The summed E-state index contributed by atoms with van der Waals surface area (Å²) in [5, 5.41) is 7.85. The van der Waals surface area contributed by atoms with Crippen molar-refractivity contribution in [1.82, 2.24) is 24.9 Å². The molecule has 7 heteroatoms. The number of hydrogen-bond acceptors (Lipinski definition) is 5. The SMILES string of the molecule is Cc1cc(C)c(CN2CCC(n3cc(C(N)=O)nn3)C2)c(C)n1. The first-order valence-electron chi connectivity index (χ1n) is 7.81. The van der Waals surface area contributed by atoms with E-state index < -0.39 is 5.91 Å². The van der Waals surface area contributed by atoms with Gasteiger partial charge in [0.2, 0.25) is 0 Å². The number of rotatable bonds is 4. The van der Waals surface area contributed by atoms with Crippen LogP contribution in [0.3, 0.4) is 0 Å². The molecule has 23 heavy (non-hydrogen) atoms. The van der Waals surface area contributed by atoms with Crippen molar-refractivity contribution in [3.63, 3.8) is 0 Å². The van der Waals surface area contributed by atoms with Crippen molar-refractivity contribution in [3.05, 3.63) is 40.5 Å². The maximum absolute atomic E-state index is 11.1. The highest BCUT2D eigenvalue weighted by Crippen LogP contribution is 2.24. The van der Waals surface area contributed by atoms with Crippen LogP contribution in [-0.4, -0.2) is 43.9 Å². The Morgan fingerprint density at radius 1 is 1.39 bits per heavy atom. The number of nitrogens with two attached hydrogens (primary N) is 1. The molecule has 1 fully saturated rings. The predicted octanol–water partition coefficient (Wildman–Crippen LogP) is 1.14. The van der Waals surface area contributed by atoms with E-state index in [9.17, 15) is 4.79 Å². The summed E-state index contributed by atoms with van der Waals surface area (Å²) in [6.07, 6.45) is 2.62. The minimum atomic E-state index is -0.539. The van der Waals surface area contributed by atoms with E-state index in [-0.39, 0.29) is 11.7 Å². The fraction of sp³-hybridized carbons (Fsp3) is 0.500. The number of primary amides is 1. The summed E-state index contributed by atoms with van der Waals surface area (Å²) in [5.41, 5.74) is 10.2. The lowest BCUT2D eigenvalue weighted by molar-refractivity contribution is 0.0995. The highest BCUT2D eigenvalue weighted by atomic mass is 16.1. The highest BCUT2D eigenvalue weighted by Gasteiger charge is 2.26. The third kappa shape index (κ3) is 3.24. The van der Waals surface area contributed by atoms with Crippen molar-refractivity contribution < 1.29 is 4.79 Å². The molecule has 122 valence electrons. The van der Waals surface area contributed by atoms with Gasteiger partial charge in [-0.3, -0.25) is 14.7 Å².